The molecular weight excluding hydrogens is 390 g/mol. The van der Waals surface area contributed by atoms with Gasteiger partial charge in [0.15, 0.2) is 9.84 Å². The molecule has 3 nitrogen and oxygen atoms in total. The standard InChI is InChI=1S/C6H4Br3NO2S/c1-13(11,12)5-4(8)3(7)2-10-6(5)9/h2H,1H3. The number of aromatic nitrogens is 1. The Morgan fingerprint density at radius 1 is 1.31 bits per heavy atom. The summed E-state index contributed by atoms with van der Waals surface area (Å²) in [6.07, 6.45) is 2.65. The minimum atomic E-state index is -3.27. The molecule has 0 saturated heterocycles. The van der Waals surface area contributed by atoms with Gasteiger partial charge in [-0.3, -0.25) is 0 Å². The Morgan fingerprint density at radius 3 is 2.23 bits per heavy atom. The number of nitrogens with zero attached hydrogens (tertiary/aromatic N) is 1. The summed E-state index contributed by atoms with van der Waals surface area (Å²) < 4.78 is 24.0. The second kappa shape index (κ2) is 3.96. The molecule has 0 radical (unpaired) electrons. The molecule has 0 aliphatic carbocycles. The molecule has 7 heteroatoms. The highest BCUT2D eigenvalue weighted by Crippen LogP contribution is 2.33. The van der Waals surface area contributed by atoms with Crippen molar-refractivity contribution in [3.8, 4) is 0 Å². The minimum absolute atomic E-state index is 0.155. The molecule has 0 saturated carbocycles. The van der Waals surface area contributed by atoms with Crippen molar-refractivity contribution in [2.24, 2.45) is 0 Å². The Kier molecular flexibility index (Phi) is 3.54. The van der Waals surface area contributed by atoms with Gasteiger partial charge in [0.1, 0.15) is 9.50 Å². The van der Waals surface area contributed by atoms with Crippen LogP contribution in [0.15, 0.2) is 24.6 Å². The maximum absolute atomic E-state index is 11.3. The molecule has 0 unspecified atom stereocenters. The number of pyridine rings is 1. The molecule has 0 amide bonds. The SMILES string of the molecule is CS(=O)(=O)c1c(Br)ncc(Br)c1Br. The lowest BCUT2D eigenvalue weighted by atomic mass is 10.5. The number of hydrogen-bond acceptors (Lipinski definition) is 3. The van der Waals surface area contributed by atoms with E-state index in [1.165, 1.54) is 6.20 Å². The number of hydrogen-bond donors (Lipinski definition) is 0. The Balaban J connectivity index is 3.62. The fourth-order valence-corrected chi connectivity index (χ4v) is 4.59. The maximum Gasteiger partial charge on any atom is 0.179 e. The van der Waals surface area contributed by atoms with Crippen LogP contribution in [0.2, 0.25) is 0 Å². The average Bonchev–Trinajstić information content (AvgIpc) is 1.95. The van der Waals surface area contributed by atoms with Crippen LogP contribution in [0.25, 0.3) is 0 Å². The molecule has 1 heterocycles. The molecule has 1 rings (SSSR count). The van der Waals surface area contributed by atoms with Crippen molar-refractivity contribution in [1.29, 1.82) is 0 Å². The van der Waals surface area contributed by atoms with Crippen molar-refractivity contribution >= 4 is 57.6 Å². The van der Waals surface area contributed by atoms with E-state index in [2.05, 4.69) is 52.8 Å². The predicted octanol–water partition coefficient (Wildman–Crippen LogP) is 2.77. The molecule has 13 heavy (non-hydrogen) atoms. The fraction of sp³-hybridized carbons (Fsp3) is 0.167. The zero-order valence-corrected chi connectivity index (χ0v) is 12.0. The second-order valence-electron chi connectivity index (χ2n) is 2.31. The molecule has 0 aliphatic heterocycles. The van der Waals surface area contributed by atoms with Crippen LogP contribution in [0.3, 0.4) is 0 Å². The first-order valence-electron chi connectivity index (χ1n) is 3.03. The first-order chi connectivity index (χ1) is 5.84. The van der Waals surface area contributed by atoms with E-state index < -0.39 is 9.84 Å². The summed E-state index contributed by atoms with van der Waals surface area (Å²) in [5.41, 5.74) is 0. The molecule has 0 bridgehead atoms. The van der Waals surface area contributed by atoms with Crippen LogP contribution in [-0.2, 0) is 9.84 Å². The van der Waals surface area contributed by atoms with Crippen molar-refractivity contribution < 1.29 is 8.42 Å². The van der Waals surface area contributed by atoms with E-state index in [0.29, 0.717) is 13.5 Å². The second-order valence-corrected chi connectivity index (χ2v) is 6.66. The van der Waals surface area contributed by atoms with Gasteiger partial charge in [0.25, 0.3) is 0 Å². The Bertz CT molecular complexity index is 443. The van der Waals surface area contributed by atoms with E-state index in [4.69, 9.17) is 0 Å². The molecule has 0 spiro atoms. The topological polar surface area (TPSA) is 47.0 Å². The largest absolute Gasteiger partial charge is 0.247 e. The molecule has 1 aromatic rings. The van der Waals surface area contributed by atoms with Gasteiger partial charge >= 0.3 is 0 Å². The molecule has 0 fully saturated rings. The lowest BCUT2D eigenvalue weighted by Crippen LogP contribution is -2.01. The van der Waals surface area contributed by atoms with Gasteiger partial charge in [-0.1, -0.05) is 0 Å². The minimum Gasteiger partial charge on any atom is -0.247 e. The van der Waals surface area contributed by atoms with Crippen LogP contribution >= 0.6 is 47.8 Å². The summed E-state index contributed by atoms with van der Waals surface area (Å²) in [4.78, 5) is 4.02. The quantitative estimate of drug-likeness (QED) is 0.689. The number of sulfone groups is 1. The average molecular weight is 394 g/mol. The van der Waals surface area contributed by atoms with E-state index in [1.54, 1.807) is 0 Å². The normalized spacial score (nSPS) is 11.7. The lowest BCUT2D eigenvalue weighted by Gasteiger charge is -2.05. The smallest absolute Gasteiger partial charge is 0.179 e. The summed E-state index contributed by atoms with van der Waals surface area (Å²) in [6, 6.07) is 0. The van der Waals surface area contributed by atoms with Crippen molar-refractivity contribution in [2.75, 3.05) is 6.26 Å². The summed E-state index contributed by atoms with van der Waals surface area (Å²) in [7, 11) is -3.27. The van der Waals surface area contributed by atoms with Gasteiger partial charge in [-0.05, 0) is 47.8 Å². The van der Waals surface area contributed by atoms with E-state index in [1.807, 2.05) is 0 Å². The van der Waals surface area contributed by atoms with Crippen LogP contribution in [0, 0.1) is 0 Å². The predicted molar refractivity (Wildman–Crippen MR) is 60.4 cm³/mol. The van der Waals surface area contributed by atoms with E-state index in [0.717, 1.165) is 6.26 Å². The van der Waals surface area contributed by atoms with Crippen molar-refractivity contribution in [2.45, 2.75) is 4.90 Å². The third-order valence-corrected chi connectivity index (χ3v) is 5.48. The van der Waals surface area contributed by atoms with Gasteiger partial charge < -0.3 is 0 Å². The van der Waals surface area contributed by atoms with Crippen molar-refractivity contribution in [3.05, 3.63) is 19.7 Å². The molecule has 0 aliphatic rings. The van der Waals surface area contributed by atoms with Crippen LogP contribution in [0.1, 0.15) is 0 Å². The van der Waals surface area contributed by atoms with E-state index >= 15 is 0 Å². The van der Waals surface area contributed by atoms with Crippen LogP contribution < -0.4 is 0 Å². The zero-order chi connectivity index (χ0) is 10.2. The van der Waals surface area contributed by atoms with E-state index in [9.17, 15) is 8.42 Å². The highest BCUT2D eigenvalue weighted by atomic mass is 79.9. The highest BCUT2D eigenvalue weighted by molar-refractivity contribution is 9.13. The van der Waals surface area contributed by atoms with Gasteiger partial charge in [0, 0.05) is 12.5 Å². The van der Waals surface area contributed by atoms with Gasteiger partial charge in [-0.25, -0.2) is 13.4 Å². The molecule has 0 N–H and O–H groups in total. The van der Waals surface area contributed by atoms with Crippen LogP contribution in [0.4, 0.5) is 0 Å². The molecular formula is C6H4Br3NO2S. The summed E-state index contributed by atoms with van der Waals surface area (Å²) in [6.45, 7) is 0. The molecule has 0 atom stereocenters. The summed E-state index contributed by atoms with van der Waals surface area (Å²) >= 11 is 9.42. The number of halogens is 3. The first-order valence-corrected chi connectivity index (χ1v) is 7.30. The third kappa shape index (κ3) is 2.51. The molecule has 0 aromatic carbocycles. The molecule has 72 valence electrons. The Hall–Kier alpha value is 0.540. The maximum atomic E-state index is 11.3. The number of rotatable bonds is 1. The Morgan fingerprint density at radius 2 is 1.85 bits per heavy atom. The van der Waals surface area contributed by atoms with Gasteiger partial charge in [0.05, 0.1) is 8.95 Å². The Labute approximate surface area is 101 Å². The zero-order valence-electron chi connectivity index (χ0n) is 6.38. The lowest BCUT2D eigenvalue weighted by molar-refractivity contribution is 0.600. The summed E-state index contributed by atoms with van der Waals surface area (Å²) in [5.74, 6) is 0. The van der Waals surface area contributed by atoms with Gasteiger partial charge in [-0.2, -0.15) is 0 Å². The van der Waals surface area contributed by atoms with Crippen molar-refractivity contribution in [3.63, 3.8) is 0 Å². The van der Waals surface area contributed by atoms with Crippen LogP contribution in [0.5, 0.6) is 0 Å². The summed E-state index contributed by atoms with van der Waals surface area (Å²) in [5, 5.41) is 0. The van der Waals surface area contributed by atoms with Crippen molar-refractivity contribution in [1.82, 2.24) is 4.98 Å². The van der Waals surface area contributed by atoms with Gasteiger partial charge in [-0.15, -0.1) is 0 Å². The van der Waals surface area contributed by atoms with E-state index in [-0.39, 0.29) is 4.90 Å². The highest BCUT2D eigenvalue weighted by Gasteiger charge is 2.18. The first kappa shape index (κ1) is 11.6. The third-order valence-electron chi connectivity index (χ3n) is 1.26. The fourth-order valence-electron chi connectivity index (χ4n) is 0.743. The molecule has 1 aromatic heterocycles. The van der Waals surface area contributed by atoms with Gasteiger partial charge in [0.2, 0.25) is 0 Å². The monoisotopic (exact) mass is 391 g/mol. The van der Waals surface area contributed by atoms with Crippen LogP contribution in [-0.4, -0.2) is 19.7 Å².